The summed E-state index contributed by atoms with van der Waals surface area (Å²) in [4.78, 5) is 35.1. The van der Waals surface area contributed by atoms with Gasteiger partial charge in [-0.05, 0) is 36.5 Å². The van der Waals surface area contributed by atoms with Crippen molar-refractivity contribution in [2.75, 3.05) is 13.2 Å². The van der Waals surface area contributed by atoms with Crippen LogP contribution in [0.15, 0.2) is 24.3 Å². The molecule has 1 aromatic rings. The van der Waals surface area contributed by atoms with Crippen molar-refractivity contribution in [3.8, 4) is 5.75 Å². The first-order valence-corrected chi connectivity index (χ1v) is 9.42. The molecule has 1 aliphatic rings. The Kier molecular flexibility index (Phi) is 8.10. The number of benzene rings is 1. The van der Waals surface area contributed by atoms with Gasteiger partial charge in [-0.3, -0.25) is 10.1 Å². The van der Waals surface area contributed by atoms with E-state index >= 15 is 0 Å². The summed E-state index contributed by atoms with van der Waals surface area (Å²) < 4.78 is 10.2. The summed E-state index contributed by atoms with van der Waals surface area (Å²) in [6, 6.07) is 6.98. The highest BCUT2D eigenvalue weighted by Crippen LogP contribution is 2.18. The molecule has 0 aromatic heterocycles. The molecule has 0 saturated heterocycles. The Labute approximate surface area is 159 Å². The molecule has 148 valence electrons. The number of hydrogen-bond acceptors (Lipinski definition) is 5. The van der Waals surface area contributed by atoms with Crippen molar-refractivity contribution in [1.82, 2.24) is 10.6 Å². The van der Waals surface area contributed by atoms with E-state index in [2.05, 4.69) is 24.5 Å². The smallest absolute Gasteiger partial charge is 0.344 e. The van der Waals surface area contributed by atoms with Gasteiger partial charge >= 0.3 is 12.0 Å². The number of urea groups is 1. The molecular formula is C20H28N2O5. The molecule has 7 nitrogen and oxygen atoms in total. The molecule has 0 radical (unpaired) electrons. The van der Waals surface area contributed by atoms with E-state index in [4.69, 9.17) is 9.47 Å². The zero-order valence-corrected chi connectivity index (χ0v) is 16.0. The number of nitrogens with one attached hydrogen (secondary N) is 2. The van der Waals surface area contributed by atoms with Crippen LogP contribution in [0.1, 0.15) is 57.4 Å². The number of carbonyl (C=O) groups excluding carboxylic acids is 3. The predicted octanol–water partition coefficient (Wildman–Crippen LogP) is 2.89. The molecule has 2 N–H and O–H groups in total. The Hall–Kier alpha value is -2.57. The molecule has 7 heteroatoms. The summed E-state index contributed by atoms with van der Waals surface area (Å²) in [6.07, 6.45) is 5.18. The topological polar surface area (TPSA) is 93.7 Å². The number of ether oxygens (including phenoxy) is 2. The minimum atomic E-state index is -0.675. The lowest BCUT2D eigenvalue weighted by Gasteiger charge is -2.22. The van der Waals surface area contributed by atoms with Gasteiger partial charge < -0.3 is 14.8 Å². The third kappa shape index (κ3) is 7.68. The number of amides is 3. The van der Waals surface area contributed by atoms with Crippen LogP contribution in [-0.4, -0.2) is 37.2 Å². The van der Waals surface area contributed by atoms with Crippen LogP contribution in [0.5, 0.6) is 5.75 Å². The van der Waals surface area contributed by atoms with Crippen molar-refractivity contribution in [1.29, 1.82) is 0 Å². The molecule has 0 atom stereocenters. The first-order valence-electron chi connectivity index (χ1n) is 9.42. The minimum Gasteiger partial charge on any atom is -0.482 e. The highest BCUT2D eigenvalue weighted by atomic mass is 16.6. The first kappa shape index (κ1) is 20.7. The molecule has 1 aliphatic carbocycles. The van der Waals surface area contributed by atoms with Gasteiger partial charge in [0, 0.05) is 6.04 Å². The van der Waals surface area contributed by atoms with E-state index in [0.29, 0.717) is 11.7 Å². The van der Waals surface area contributed by atoms with Crippen molar-refractivity contribution in [2.45, 2.75) is 57.9 Å². The first-order chi connectivity index (χ1) is 12.9. The highest BCUT2D eigenvalue weighted by molar-refractivity contribution is 5.95. The summed E-state index contributed by atoms with van der Waals surface area (Å²) in [5, 5.41) is 4.93. The van der Waals surface area contributed by atoms with Crippen LogP contribution >= 0.6 is 0 Å². The average Bonchev–Trinajstić information content (AvgIpc) is 2.65. The van der Waals surface area contributed by atoms with Crippen LogP contribution in [0.2, 0.25) is 0 Å². The summed E-state index contributed by atoms with van der Waals surface area (Å²) in [7, 11) is 0. The molecule has 0 unspecified atom stereocenters. The second-order valence-corrected chi connectivity index (χ2v) is 7.03. The Morgan fingerprint density at radius 1 is 1.04 bits per heavy atom. The van der Waals surface area contributed by atoms with E-state index in [1.165, 1.54) is 12.0 Å². The fraction of sp³-hybridized carbons (Fsp3) is 0.550. The molecule has 0 heterocycles. The minimum absolute atomic E-state index is 0.101. The second-order valence-electron chi connectivity index (χ2n) is 7.03. The van der Waals surface area contributed by atoms with Crippen LogP contribution in [0.4, 0.5) is 4.79 Å². The molecule has 1 fully saturated rings. The summed E-state index contributed by atoms with van der Waals surface area (Å²) >= 11 is 0. The number of hydrogen-bond donors (Lipinski definition) is 2. The number of carbonyl (C=O) groups is 3. The molecule has 27 heavy (non-hydrogen) atoms. The highest BCUT2D eigenvalue weighted by Gasteiger charge is 2.17. The van der Waals surface area contributed by atoms with E-state index in [-0.39, 0.29) is 12.6 Å². The Morgan fingerprint density at radius 3 is 2.33 bits per heavy atom. The predicted molar refractivity (Wildman–Crippen MR) is 101 cm³/mol. The number of imide groups is 1. The van der Waals surface area contributed by atoms with Crippen LogP contribution in [0, 0.1) is 0 Å². The molecule has 1 aromatic carbocycles. The largest absolute Gasteiger partial charge is 0.482 e. The maximum Gasteiger partial charge on any atom is 0.344 e. The van der Waals surface area contributed by atoms with Crippen LogP contribution in [-0.2, 0) is 14.3 Å². The van der Waals surface area contributed by atoms with Crippen molar-refractivity contribution in [2.24, 2.45) is 0 Å². The molecular weight excluding hydrogens is 348 g/mol. The van der Waals surface area contributed by atoms with Gasteiger partial charge in [-0.25, -0.2) is 9.59 Å². The van der Waals surface area contributed by atoms with Gasteiger partial charge in [-0.15, -0.1) is 0 Å². The van der Waals surface area contributed by atoms with Gasteiger partial charge in [0.2, 0.25) is 0 Å². The second kappa shape index (κ2) is 10.5. The third-order valence-corrected chi connectivity index (χ3v) is 4.46. The lowest BCUT2D eigenvalue weighted by molar-refractivity contribution is -0.150. The van der Waals surface area contributed by atoms with Crippen LogP contribution in [0.3, 0.4) is 0 Å². The monoisotopic (exact) mass is 376 g/mol. The maximum atomic E-state index is 11.7. The lowest BCUT2D eigenvalue weighted by Crippen LogP contribution is -2.46. The van der Waals surface area contributed by atoms with Gasteiger partial charge in [0.15, 0.2) is 13.2 Å². The van der Waals surface area contributed by atoms with Crippen LogP contribution < -0.4 is 15.4 Å². The fourth-order valence-electron chi connectivity index (χ4n) is 2.91. The van der Waals surface area contributed by atoms with Gasteiger partial charge in [0.05, 0.1) is 0 Å². The SMILES string of the molecule is CC(C)c1ccc(OCC(=O)OCC(=O)NC(=O)NC2CCCCC2)cc1. The van der Waals surface area contributed by atoms with Crippen molar-refractivity contribution < 1.29 is 23.9 Å². The van der Waals surface area contributed by atoms with E-state index in [9.17, 15) is 14.4 Å². The lowest BCUT2D eigenvalue weighted by atomic mass is 9.96. The van der Waals surface area contributed by atoms with Gasteiger partial charge in [0.25, 0.3) is 5.91 Å². The summed E-state index contributed by atoms with van der Waals surface area (Å²) in [6.45, 7) is 3.36. The van der Waals surface area contributed by atoms with E-state index in [0.717, 1.165) is 25.7 Å². The van der Waals surface area contributed by atoms with Gasteiger partial charge in [-0.2, -0.15) is 0 Å². The normalized spacial score (nSPS) is 14.5. The number of esters is 1. The van der Waals surface area contributed by atoms with Crippen molar-refractivity contribution in [3.63, 3.8) is 0 Å². The van der Waals surface area contributed by atoms with Crippen LogP contribution in [0.25, 0.3) is 0 Å². The quantitative estimate of drug-likeness (QED) is 0.714. The van der Waals surface area contributed by atoms with E-state index in [1.807, 2.05) is 12.1 Å². The Morgan fingerprint density at radius 2 is 1.70 bits per heavy atom. The Bertz CT molecular complexity index is 636. The Balaban J connectivity index is 1.62. The van der Waals surface area contributed by atoms with Gasteiger partial charge in [-0.1, -0.05) is 45.2 Å². The van der Waals surface area contributed by atoms with Gasteiger partial charge in [0.1, 0.15) is 5.75 Å². The van der Waals surface area contributed by atoms with Crippen molar-refractivity contribution in [3.05, 3.63) is 29.8 Å². The van der Waals surface area contributed by atoms with Crippen molar-refractivity contribution >= 4 is 17.9 Å². The zero-order chi connectivity index (χ0) is 19.6. The van der Waals surface area contributed by atoms with E-state index < -0.39 is 24.5 Å². The number of rotatable bonds is 7. The average molecular weight is 376 g/mol. The summed E-state index contributed by atoms with van der Waals surface area (Å²) in [5.41, 5.74) is 1.17. The molecule has 0 spiro atoms. The third-order valence-electron chi connectivity index (χ3n) is 4.46. The molecule has 0 aliphatic heterocycles. The zero-order valence-electron chi connectivity index (χ0n) is 16.0. The standard InChI is InChI=1S/C20H28N2O5/c1-14(2)15-8-10-17(11-9-15)26-13-19(24)27-12-18(23)22-20(25)21-16-6-4-3-5-7-16/h8-11,14,16H,3-7,12-13H2,1-2H3,(H2,21,22,23,25). The molecule has 1 saturated carbocycles. The fourth-order valence-corrected chi connectivity index (χ4v) is 2.91. The summed E-state index contributed by atoms with van der Waals surface area (Å²) in [5.74, 6) is -0.380. The van der Waals surface area contributed by atoms with E-state index in [1.54, 1.807) is 12.1 Å². The molecule has 2 rings (SSSR count). The molecule has 0 bridgehead atoms. The molecule has 3 amide bonds. The maximum absolute atomic E-state index is 11.7.